The van der Waals surface area contributed by atoms with Crippen molar-refractivity contribution < 1.29 is 27.4 Å². The molecular formula is C11H12ClF4NO2. The van der Waals surface area contributed by atoms with Crippen molar-refractivity contribution in [2.24, 2.45) is 0 Å². The maximum Gasteiger partial charge on any atom is 0.387 e. The highest BCUT2D eigenvalue weighted by Crippen LogP contribution is 2.24. The van der Waals surface area contributed by atoms with E-state index in [4.69, 9.17) is 16.7 Å². The van der Waals surface area contributed by atoms with Gasteiger partial charge in [0.1, 0.15) is 11.9 Å². The molecule has 2 N–H and O–H groups in total. The summed E-state index contributed by atoms with van der Waals surface area (Å²) < 4.78 is 52.6. The maximum atomic E-state index is 12.1. The van der Waals surface area contributed by atoms with Gasteiger partial charge in [-0.2, -0.15) is 8.78 Å². The molecule has 0 amide bonds. The van der Waals surface area contributed by atoms with Gasteiger partial charge in [-0.1, -0.05) is 11.6 Å². The molecule has 0 saturated carbocycles. The van der Waals surface area contributed by atoms with Crippen molar-refractivity contribution in [1.29, 1.82) is 0 Å². The Labute approximate surface area is 112 Å². The van der Waals surface area contributed by atoms with Crippen LogP contribution in [-0.2, 0) is 6.54 Å². The van der Waals surface area contributed by atoms with E-state index in [0.29, 0.717) is 5.02 Å². The minimum atomic E-state index is -2.99. The van der Waals surface area contributed by atoms with Crippen LogP contribution in [0.2, 0.25) is 5.02 Å². The Morgan fingerprint density at radius 2 is 1.95 bits per heavy atom. The largest absolute Gasteiger partial charge is 0.434 e. The second kappa shape index (κ2) is 7.52. The molecule has 0 radical (unpaired) electrons. The summed E-state index contributed by atoms with van der Waals surface area (Å²) in [4.78, 5) is 0. The van der Waals surface area contributed by atoms with Gasteiger partial charge in [0.25, 0.3) is 6.43 Å². The molecule has 3 nitrogen and oxygen atoms in total. The van der Waals surface area contributed by atoms with Gasteiger partial charge in [0, 0.05) is 23.7 Å². The van der Waals surface area contributed by atoms with Gasteiger partial charge in [0.2, 0.25) is 0 Å². The van der Waals surface area contributed by atoms with Crippen LogP contribution in [0.3, 0.4) is 0 Å². The lowest BCUT2D eigenvalue weighted by atomic mass is 10.2. The molecule has 0 aliphatic heterocycles. The number of alkyl halides is 4. The first-order valence-corrected chi connectivity index (χ1v) is 5.68. The molecule has 0 aromatic heterocycles. The lowest BCUT2D eigenvalue weighted by Gasteiger charge is -2.14. The highest BCUT2D eigenvalue weighted by molar-refractivity contribution is 6.30. The van der Waals surface area contributed by atoms with Crippen LogP contribution < -0.4 is 10.1 Å². The molecule has 19 heavy (non-hydrogen) atoms. The molecule has 0 spiro atoms. The third-order valence-electron chi connectivity index (χ3n) is 2.20. The Morgan fingerprint density at radius 1 is 1.26 bits per heavy atom. The van der Waals surface area contributed by atoms with E-state index in [2.05, 4.69) is 10.1 Å². The minimum absolute atomic E-state index is 0.0353. The molecule has 1 rings (SSSR count). The van der Waals surface area contributed by atoms with E-state index in [0.717, 1.165) is 0 Å². The number of rotatable bonds is 7. The zero-order chi connectivity index (χ0) is 14.4. The molecule has 0 saturated heterocycles. The standard InChI is InChI=1S/C11H12ClF4NO2/c12-7-1-2-9(19-11(15)16)6(3-7)4-17-5-8(18)10(13)14/h1-3,8,10-11,17-18H,4-5H2. The molecule has 0 aliphatic carbocycles. The lowest BCUT2D eigenvalue weighted by Crippen LogP contribution is -2.31. The van der Waals surface area contributed by atoms with E-state index in [1.807, 2.05) is 0 Å². The number of ether oxygens (including phenoxy) is 1. The van der Waals surface area contributed by atoms with Crippen LogP contribution in [0, 0.1) is 0 Å². The van der Waals surface area contributed by atoms with Gasteiger partial charge in [-0.3, -0.25) is 0 Å². The van der Waals surface area contributed by atoms with Gasteiger partial charge in [-0.25, -0.2) is 8.78 Å². The van der Waals surface area contributed by atoms with Crippen LogP contribution in [0.15, 0.2) is 18.2 Å². The highest BCUT2D eigenvalue weighted by Gasteiger charge is 2.16. The molecule has 1 aromatic rings. The first kappa shape index (κ1) is 16.0. The van der Waals surface area contributed by atoms with E-state index in [1.165, 1.54) is 18.2 Å². The first-order chi connectivity index (χ1) is 8.90. The van der Waals surface area contributed by atoms with Crippen LogP contribution in [0.25, 0.3) is 0 Å². The average molecular weight is 302 g/mol. The van der Waals surface area contributed by atoms with Gasteiger partial charge < -0.3 is 15.2 Å². The van der Waals surface area contributed by atoms with Crippen molar-refractivity contribution in [1.82, 2.24) is 5.32 Å². The molecule has 8 heteroatoms. The summed E-state index contributed by atoms with van der Waals surface area (Å²) in [5.41, 5.74) is 0.286. The molecule has 108 valence electrons. The number of aliphatic hydroxyl groups is 1. The van der Waals surface area contributed by atoms with E-state index >= 15 is 0 Å². The Kier molecular flexibility index (Phi) is 6.33. The third kappa shape index (κ3) is 5.63. The molecule has 1 aromatic carbocycles. The minimum Gasteiger partial charge on any atom is -0.434 e. The predicted molar refractivity (Wildman–Crippen MR) is 61.8 cm³/mol. The first-order valence-electron chi connectivity index (χ1n) is 5.30. The maximum absolute atomic E-state index is 12.1. The van der Waals surface area contributed by atoms with Crippen LogP contribution >= 0.6 is 11.6 Å². The Bertz CT molecular complexity index is 406. The average Bonchev–Trinajstić information content (AvgIpc) is 2.31. The van der Waals surface area contributed by atoms with Crippen molar-refractivity contribution in [3.05, 3.63) is 28.8 Å². The van der Waals surface area contributed by atoms with E-state index in [-0.39, 0.29) is 24.4 Å². The van der Waals surface area contributed by atoms with Crippen molar-refractivity contribution in [2.75, 3.05) is 6.54 Å². The summed E-state index contributed by atoms with van der Waals surface area (Å²) >= 11 is 5.71. The summed E-state index contributed by atoms with van der Waals surface area (Å²) in [7, 11) is 0. The number of nitrogens with one attached hydrogen (secondary N) is 1. The van der Waals surface area contributed by atoms with E-state index in [1.54, 1.807) is 0 Å². The van der Waals surface area contributed by atoms with Gasteiger partial charge in [-0.15, -0.1) is 0 Å². The number of halogens is 5. The van der Waals surface area contributed by atoms with E-state index in [9.17, 15) is 17.6 Å². The van der Waals surface area contributed by atoms with Crippen LogP contribution in [0.5, 0.6) is 5.75 Å². The quantitative estimate of drug-likeness (QED) is 0.761. The Morgan fingerprint density at radius 3 is 2.53 bits per heavy atom. The fraction of sp³-hybridized carbons (Fsp3) is 0.455. The molecule has 0 heterocycles. The van der Waals surface area contributed by atoms with Gasteiger partial charge >= 0.3 is 6.61 Å². The fourth-order valence-electron chi connectivity index (χ4n) is 1.34. The fourth-order valence-corrected chi connectivity index (χ4v) is 1.54. The van der Waals surface area contributed by atoms with Gasteiger partial charge in [0.05, 0.1) is 0 Å². The molecule has 0 aliphatic rings. The summed E-state index contributed by atoms with van der Waals surface area (Å²) in [6, 6.07) is 4.01. The topological polar surface area (TPSA) is 41.5 Å². The van der Waals surface area contributed by atoms with Crippen LogP contribution in [-0.4, -0.2) is 30.8 Å². The normalized spacial score (nSPS) is 13.1. The summed E-state index contributed by atoms with van der Waals surface area (Å²) in [5.74, 6) is -0.0987. The zero-order valence-electron chi connectivity index (χ0n) is 9.62. The van der Waals surface area contributed by atoms with Gasteiger partial charge in [-0.05, 0) is 18.2 Å². The summed E-state index contributed by atoms with van der Waals surface area (Å²) in [5, 5.41) is 11.7. The van der Waals surface area contributed by atoms with E-state index < -0.39 is 19.1 Å². The van der Waals surface area contributed by atoms with Crippen LogP contribution in [0.1, 0.15) is 5.56 Å². The van der Waals surface area contributed by atoms with Crippen molar-refractivity contribution in [3.8, 4) is 5.75 Å². The lowest BCUT2D eigenvalue weighted by molar-refractivity contribution is -0.0505. The summed E-state index contributed by atoms with van der Waals surface area (Å²) in [6.45, 7) is -3.41. The van der Waals surface area contributed by atoms with Crippen molar-refractivity contribution >= 4 is 11.6 Å². The smallest absolute Gasteiger partial charge is 0.387 e. The molecule has 1 unspecified atom stereocenters. The molecule has 1 atom stereocenters. The monoisotopic (exact) mass is 301 g/mol. The Hall–Kier alpha value is -1.05. The number of aliphatic hydroxyl groups excluding tert-OH is 1. The second-order valence-electron chi connectivity index (χ2n) is 3.66. The zero-order valence-corrected chi connectivity index (χ0v) is 10.4. The second-order valence-corrected chi connectivity index (χ2v) is 4.10. The highest BCUT2D eigenvalue weighted by atomic mass is 35.5. The molecule has 0 bridgehead atoms. The number of hydrogen-bond acceptors (Lipinski definition) is 3. The van der Waals surface area contributed by atoms with Crippen molar-refractivity contribution in [3.63, 3.8) is 0 Å². The summed E-state index contributed by atoms with van der Waals surface area (Å²) in [6.07, 6.45) is -4.69. The van der Waals surface area contributed by atoms with Crippen molar-refractivity contribution in [2.45, 2.75) is 25.7 Å². The number of benzene rings is 1. The Balaban J connectivity index is 2.63. The third-order valence-corrected chi connectivity index (χ3v) is 2.43. The molecular weight excluding hydrogens is 290 g/mol. The number of hydrogen-bond donors (Lipinski definition) is 2. The van der Waals surface area contributed by atoms with Gasteiger partial charge in [0.15, 0.2) is 0 Å². The SMILES string of the molecule is OC(CNCc1cc(Cl)ccc1OC(F)F)C(F)F. The van der Waals surface area contributed by atoms with Crippen LogP contribution in [0.4, 0.5) is 17.6 Å². The predicted octanol–water partition coefficient (Wildman–Crippen LogP) is 2.66. The molecule has 0 fully saturated rings.